The van der Waals surface area contributed by atoms with Crippen molar-refractivity contribution in [2.75, 3.05) is 11.5 Å². The standard InChI is InChI=1S/C17H28O2S2/c18-16-12-20-14-9-7-5-3-1-2-4-6-8-10-15(11-14)21-13-17(16)19/h14-15H,1-13H2. The van der Waals surface area contributed by atoms with Crippen LogP contribution in [0.5, 0.6) is 0 Å². The number of ketones is 2. The largest absolute Gasteiger partial charge is 0.290 e. The van der Waals surface area contributed by atoms with Crippen molar-refractivity contribution in [3.63, 3.8) is 0 Å². The zero-order valence-corrected chi connectivity index (χ0v) is 14.6. The minimum Gasteiger partial charge on any atom is -0.290 e. The number of hydrogen-bond donors (Lipinski definition) is 0. The molecule has 0 radical (unpaired) electrons. The van der Waals surface area contributed by atoms with E-state index >= 15 is 0 Å². The highest BCUT2D eigenvalue weighted by Gasteiger charge is 2.24. The summed E-state index contributed by atoms with van der Waals surface area (Å²) in [6.07, 6.45) is 14.4. The monoisotopic (exact) mass is 328 g/mol. The molecule has 2 bridgehead atoms. The third kappa shape index (κ3) is 6.77. The lowest BCUT2D eigenvalue weighted by Crippen LogP contribution is -2.18. The van der Waals surface area contributed by atoms with E-state index in [0.717, 1.165) is 0 Å². The van der Waals surface area contributed by atoms with Gasteiger partial charge in [0.2, 0.25) is 11.6 Å². The molecule has 2 unspecified atom stereocenters. The van der Waals surface area contributed by atoms with Crippen LogP contribution in [0.25, 0.3) is 0 Å². The Morgan fingerprint density at radius 2 is 1.00 bits per heavy atom. The second-order valence-corrected chi connectivity index (χ2v) is 8.93. The summed E-state index contributed by atoms with van der Waals surface area (Å²) in [4.78, 5) is 23.6. The molecule has 21 heavy (non-hydrogen) atoms. The molecule has 0 spiro atoms. The van der Waals surface area contributed by atoms with Crippen molar-refractivity contribution in [1.82, 2.24) is 0 Å². The first-order chi connectivity index (χ1) is 10.3. The predicted molar refractivity (Wildman–Crippen MR) is 93.3 cm³/mol. The van der Waals surface area contributed by atoms with Crippen LogP contribution < -0.4 is 0 Å². The van der Waals surface area contributed by atoms with Crippen LogP contribution in [0, 0.1) is 0 Å². The van der Waals surface area contributed by atoms with Crippen molar-refractivity contribution in [1.29, 1.82) is 0 Å². The fourth-order valence-corrected chi connectivity index (χ4v) is 5.81. The van der Waals surface area contributed by atoms with E-state index in [4.69, 9.17) is 0 Å². The number of Topliss-reactive ketones (excluding diaryl/α,β-unsaturated/α-hetero) is 2. The highest BCUT2D eigenvalue weighted by molar-refractivity contribution is 8.02. The van der Waals surface area contributed by atoms with Crippen LogP contribution in [0.1, 0.15) is 70.6 Å². The number of fused-ring (bicyclic) bond motifs is 2. The Morgan fingerprint density at radius 1 is 0.619 bits per heavy atom. The molecular formula is C17H28O2S2. The molecule has 1 aliphatic heterocycles. The molecule has 4 heteroatoms. The summed E-state index contributed by atoms with van der Waals surface area (Å²) in [5.74, 6) is 0.520. The van der Waals surface area contributed by atoms with Crippen LogP contribution in [0.15, 0.2) is 0 Å². The van der Waals surface area contributed by atoms with E-state index in [-0.39, 0.29) is 11.6 Å². The molecule has 0 aromatic carbocycles. The number of carbonyl (C=O) groups excluding carboxylic acids is 2. The van der Waals surface area contributed by atoms with E-state index in [1.54, 1.807) is 23.5 Å². The third-order valence-corrected chi connectivity index (χ3v) is 7.20. The van der Waals surface area contributed by atoms with Crippen LogP contribution in [-0.2, 0) is 9.59 Å². The van der Waals surface area contributed by atoms with Gasteiger partial charge in [-0.15, -0.1) is 0 Å². The van der Waals surface area contributed by atoms with Gasteiger partial charge in [-0.05, 0) is 19.3 Å². The van der Waals surface area contributed by atoms with Crippen LogP contribution >= 0.6 is 23.5 Å². The molecule has 1 heterocycles. The van der Waals surface area contributed by atoms with Crippen LogP contribution in [0.2, 0.25) is 0 Å². The number of rotatable bonds is 0. The van der Waals surface area contributed by atoms with Gasteiger partial charge in [0.15, 0.2) is 0 Å². The molecule has 1 saturated heterocycles. The average molecular weight is 329 g/mol. The van der Waals surface area contributed by atoms with Crippen molar-refractivity contribution in [2.24, 2.45) is 0 Å². The van der Waals surface area contributed by atoms with Crippen molar-refractivity contribution in [3.05, 3.63) is 0 Å². The molecule has 0 amide bonds. The second kappa shape index (κ2) is 9.94. The zero-order valence-electron chi connectivity index (χ0n) is 13.0. The molecule has 0 aromatic heterocycles. The second-order valence-electron chi connectivity index (χ2n) is 6.35. The molecule has 1 saturated carbocycles. The summed E-state index contributed by atoms with van der Waals surface area (Å²) in [7, 11) is 0. The van der Waals surface area contributed by atoms with Gasteiger partial charge in [0.05, 0.1) is 11.5 Å². The van der Waals surface area contributed by atoms with Gasteiger partial charge >= 0.3 is 0 Å². The lowest BCUT2D eigenvalue weighted by molar-refractivity contribution is -0.133. The van der Waals surface area contributed by atoms with Crippen molar-refractivity contribution in [2.45, 2.75) is 81.1 Å². The van der Waals surface area contributed by atoms with E-state index in [2.05, 4.69) is 0 Å². The number of thioether (sulfide) groups is 2. The maximum Gasteiger partial charge on any atom is 0.209 e. The van der Waals surface area contributed by atoms with Gasteiger partial charge in [0.1, 0.15) is 0 Å². The SMILES string of the molecule is O=C1CSC2CCCCCCCCCCC(C2)SCC1=O. The molecule has 0 N–H and O–H groups in total. The smallest absolute Gasteiger partial charge is 0.209 e. The van der Waals surface area contributed by atoms with Crippen LogP contribution in [-0.4, -0.2) is 33.6 Å². The van der Waals surface area contributed by atoms with Gasteiger partial charge in [0, 0.05) is 10.5 Å². The Hall–Kier alpha value is 0.0400. The summed E-state index contributed by atoms with van der Waals surface area (Å²) in [6.45, 7) is 0. The maximum atomic E-state index is 11.8. The van der Waals surface area contributed by atoms with Gasteiger partial charge in [-0.3, -0.25) is 9.59 Å². The molecule has 0 aromatic rings. The van der Waals surface area contributed by atoms with Crippen molar-refractivity contribution < 1.29 is 9.59 Å². The molecule has 2 rings (SSSR count). The molecular weight excluding hydrogens is 300 g/mol. The molecule has 2 atom stereocenters. The highest BCUT2D eigenvalue weighted by Crippen LogP contribution is 2.32. The lowest BCUT2D eigenvalue weighted by atomic mass is 10.1. The van der Waals surface area contributed by atoms with Crippen molar-refractivity contribution >= 4 is 35.1 Å². The minimum absolute atomic E-state index is 0.153. The Kier molecular flexibility index (Phi) is 8.23. The van der Waals surface area contributed by atoms with Gasteiger partial charge in [-0.1, -0.05) is 51.4 Å². The van der Waals surface area contributed by atoms with E-state index in [0.29, 0.717) is 22.0 Å². The Balaban J connectivity index is 1.96. The summed E-state index contributed by atoms with van der Waals surface area (Å²) in [5.41, 5.74) is 0. The van der Waals surface area contributed by atoms with E-state index < -0.39 is 0 Å². The molecule has 120 valence electrons. The maximum absolute atomic E-state index is 11.8. The lowest BCUT2D eigenvalue weighted by Gasteiger charge is -2.21. The fraction of sp³-hybridized carbons (Fsp3) is 0.882. The molecule has 2 aliphatic rings. The fourth-order valence-electron chi connectivity index (χ4n) is 3.18. The molecule has 2 nitrogen and oxygen atoms in total. The number of carbonyl (C=O) groups is 2. The summed E-state index contributed by atoms with van der Waals surface area (Å²) in [6, 6.07) is 0. The zero-order chi connectivity index (χ0) is 14.9. The van der Waals surface area contributed by atoms with Gasteiger partial charge in [0.25, 0.3) is 0 Å². The third-order valence-electron chi connectivity index (χ3n) is 4.54. The number of hydrogen-bond acceptors (Lipinski definition) is 4. The van der Waals surface area contributed by atoms with Crippen LogP contribution in [0.3, 0.4) is 0 Å². The highest BCUT2D eigenvalue weighted by atomic mass is 32.2. The predicted octanol–water partition coefficient (Wildman–Crippen LogP) is 4.65. The quantitative estimate of drug-likeness (QED) is 0.606. The van der Waals surface area contributed by atoms with E-state index in [1.165, 1.54) is 70.6 Å². The first-order valence-corrected chi connectivity index (χ1v) is 10.6. The normalized spacial score (nSPS) is 31.0. The summed E-state index contributed by atoms with van der Waals surface area (Å²) in [5, 5.41) is 1.16. The van der Waals surface area contributed by atoms with E-state index in [1.807, 2.05) is 0 Å². The Labute approximate surface area is 137 Å². The molecule has 2 fully saturated rings. The average Bonchev–Trinajstić information content (AvgIpc) is 2.56. The van der Waals surface area contributed by atoms with Gasteiger partial charge in [-0.25, -0.2) is 0 Å². The molecule has 1 aliphatic carbocycles. The van der Waals surface area contributed by atoms with Crippen LogP contribution in [0.4, 0.5) is 0 Å². The first-order valence-electron chi connectivity index (χ1n) is 8.55. The van der Waals surface area contributed by atoms with Gasteiger partial charge < -0.3 is 0 Å². The minimum atomic E-state index is -0.153. The summed E-state index contributed by atoms with van der Waals surface area (Å²) < 4.78 is 0. The summed E-state index contributed by atoms with van der Waals surface area (Å²) >= 11 is 3.50. The van der Waals surface area contributed by atoms with Gasteiger partial charge in [-0.2, -0.15) is 23.5 Å². The Bertz CT molecular complexity index is 312. The van der Waals surface area contributed by atoms with Crippen molar-refractivity contribution in [3.8, 4) is 0 Å². The Morgan fingerprint density at radius 3 is 1.43 bits per heavy atom. The topological polar surface area (TPSA) is 34.1 Å². The first kappa shape index (κ1) is 17.4. The van der Waals surface area contributed by atoms with E-state index in [9.17, 15) is 9.59 Å².